The Hall–Kier alpha value is -3.65. The van der Waals surface area contributed by atoms with Crippen LogP contribution < -0.4 is 5.32 Å². The summed E-state index contributed by atoms with van der Waals surface area (Å²) < 4.78 is 0. The number of nitrogens with zero attached hydrogens (tertiary/aromatic N) is 3. The third kappa shape index (κ3) is 2.93. The van der Waals surface area contributed by atoms with Crippen molar-refractivity contribution in [2.24, 2.45) is 0 Å². The highest BCUT2D eigenvalue weighted by molar-refractivity contribution is 5.96. The van der Waals surface area contributed by atoms with Crippen LogP contribution in [0.4, 0.5) is 11.6 Å². The molecule has 2 heterocycles. The second-order valence-electron chi connectivity index (χ2n) is 5.83. The molecule has 0 amide bonds. The maximum atomic E-state index is 9.00. The first-order chi connectivity index (χ1) is 12.2. The van der Waals surface area contributed by atoms with Gasteiger partial charge in [0.1, 0.15) is 5.82 Å². The molecule has 0 atom stereocenters. The quantitative estimate of drug-likeness (QED) is 0.579. The Morgan fingerprint density at radius 1 is 1.00 bits per heavy atom. The summed E-state index contributed by atoms with van der Waals surface area (Å²) in [4.78, 5) is 4.78. The van der Waals surface area contributed by atoms with Crippen LogP contribution in [0.2, 0.25) is 0 Å². The van der Waals surface area contributed by atoms with Crippen LogP contribution in [0.5, 0.6) is 0 Å². The minimum atomic E-state index is 0.634. The highest BCUT2D eigenvalue weighted by Gasteiger charge is 2.09. The summed E-state index contributed by atoms with van der Waals surface area (Å²) in [5.74, 6) is 1.45. The number of aryl methyl sites for hydroxylation is 1. The number of H-pyrrole nitrogens is 1. The highest BCUT2D eigenvalue weighted by atomic mass is 15.2. The lowest BCUT2D eigenvalue weighted by atomic mass is 10.0. The summed E-state index contributed by atoms with van der Waals surface area (Å²) in [6.45, 7) is 1.95. The molecule has 0 bridgehead atoms. The van der Waals surface area contributed by atoms with Crippen molar-refractivity contribution in [1.29, 1.82) is 5.26 Å². The van der Waals surface area contributed by atoms with Gasteiger partial charge in [0.25, 0.3) is 0 Å². The minimum absolute atomic E-state index is 0.634. The van der Waals surface area contributed by atoms with E-state index in [-0.39, 0.29) is 0 Å². The fraction of sp³-hybridized carbons (Fsp3) is 0.0500. The zero-order chi connectivity index (χ0) is 17.2. The number of fused-ring (bicyclic) bond motifs is 1. The molecule has 4 rings (SSSR count). The predicted octanol–water partition coefficient (Wildman–Crippen LogP) is 4.55. The number of pyridine rings is 1. The Morgan fingerprint density at radius 3 is 2.52 bits per heavy atom. The second-order valence-corrected chi connectivity index (χ2v) is 5.83. The molecular formula is C20H15N5. The van der Waals surface area contributed by atoms with Crippen molar-refractivity contribution in [1.82, 2.24) is 15.2 Å². The zero-order valence-corrected chi connectivity index (χ0v) is 13.6. The summed E-state index contributed by atoms with van der Waals surface area (Å²) in [5.41, 5.74) is 3.46. The third-order valence-corrected chi connectivity index (χ3v) is 3.99. The van der Waals surface area contributed by atoms with E-state index in [2.05, 4.69) is 33.7 Å². The molecule has 0 aliphatic rings. The van der Waals surface area contributed by atoms with Crippen LogP contribution in [0.3, 0.4) is 0 Å². The number of aromatic amines is 1. The summed E-state index contributed by atoms with van der Waals surface area (Å²) >= 11 is 0. The molecule has 0 fully saturated rings. The first-order valence-electron chi connectivity index (χ1n) is 7.92. The molecule has 0 saturated carbocycles. The van der Waals surface area contributed by atoms with Crippen molar-refractivity contribution in [2.75, 3.05) is 5.32 Å². The Labute approximate surface area is 145 Å². The van der Waals surface area contributed by atoms with Crippen LogP contribution >= 0.6 is 0 Å². The van der Waals surface area contributed by atoms with Gasteiger partial charge in [-0.25, -0.2) is 4.98 Å². The van der Waals surface area contributed by atoms with E-state index in [0.717, 1.165) is 39.4 Å². The van der Waals surface area contributed by atoms with Crippen LogP contribution in [0, 0.1) is 18.3 Å². The van der Waals surface area contributed by atoms with Gasteiger partial charge in [0.2, 0.25) is 0 Å². The number of nitrogens with one attached hydrogen (secondary N) is 2. The molecule has 0 aliphatic heterocycles. The molecule has 0 unspecified atom stereocenters. The van der Waals surface area contributed by atoms with Gasteiger partial charge < -0.3 is 5.32 Å². The molecular weight excluding hydrogens is 310 g/mol. The number of aromatic nitrogens is 3. The lowest BCUT2D eigenvalue weighted by Gasteiger charge is -2.10. The lowest BCUT2D eigenvalue weighted by Crippen LogP contribution is -1.96. The number of hydrogen-bond donors (Lipinski definition) is 2. The van der Waals surface area contributed by atoms with Gasteiger partial charge in [-0.1, -0.05) is 36.4 Å². The summed E-state index contributed by atoms with van der Waals surface area (Å²) in [5, 5.41) is 21.5. The van der Waals surface area contributed by atoms with E-state index in [1.807, 2.05) is 55.5 Å². The van der Waals surface area contributed by atoms with E-state index in [1.165, 1.54) is 0 Å². The molecule has 4 aromatic rings. The van der Waals surface area contributed by atoms with E-state index in [4.69, 9.17) is 10.2 Å². The average molecular weight is 325 g/mol. The molecule has 0 aliphatic carbocycles. The zero-order valence-electron chi connectivity index (χ0n) is 13.6. The molecule has 0 spiro atoms. The molecule has 0 saturated heterocycles. The molecule has 5 nitrogen and oxygen atoms in total. The Kier molecular flexibility index (Phi) is 3.64. The van der Waals surface area contributed by atoms with Gasteiger partial charge in [0, 0.05) is 22.7 Å². The molecule has 2 aromatic carbocycles. The number of hydrogen-bond acceptors (Lipinski definition) is 4. The molecule has 2 N–H and O–H groups in total. The Bertz CT molecular complexity index is 1090. The lowest BCUT2D eigenvalue weighted by molar-refractivity contribution is 1.05. The standard InChI is InChI=1S/C20H15N5/c1-13-10-19(25-24-13)22-18-11-16-4-2-3-5-17(16)20(23-18)15-8-6-14(12-21)7-9-15/h2-11H,1H3,(H2,22,23,24,25). The van der Waals surface area contributed by atoms with Crippen LogP contribution in [-0.2, 0) is 0 Å². The van der Waals surface area contributed by atoms with Crippen molar-refractivity contribution in [3.05, 3.63) is 71.9 Å². The average Bonchev–Trinajstić information content (AvgIpc) is 3.06. The predicted molar refractivity (Wildman–Crippen MR) is 98.5 cm³/mol. The normalized spacial score (nSPS) is 10.6. The number of benzene rings is 2. The van der Waals surface area contributed by atoms with Crippen molar-refractivity contribution in [3.63, 3.8) is 0 Å². The first-order valence-corrected chi connectivity index (χ1v) is 7.92. The summed E-state index contributed by atoms with van der Waals surface area (Å²) in [6, 6.07) is 21.7. The number of nitriles is 1. The van der Waals surface area contributed by atoms with Crippen LogP contribution in [0.15, 0.2) is 60.7 Å². The van der Waals surface area contributed by atoms with Gasteiger partial charge in [-0.15, -0.1) is 0 Å². The van der Waals surface area contributed by atoms with Gasteiger partial charge in [0.15, 0.2) is 5.82 Å². The smallest absolute Gasteiger partial charge is 0.153 e. The monoisotopic (exact) mass is 325 g/mol. The summed E-state index contributed by atoms with van der Waals surface area (Å²) in [6.07, 6.45) is 0. The Morgan fingerprint density at radius 2 is 1.80 bits per heavy atom. The van der Waals surface area contributed by atoms with Crippen molar-refractivity contribution in [2.45, 2.75) is 6.92 Å². The van der Waals surface area contributed by atoms with Gasteiger partial charge in [-0.3, -0.25) is 5.10 Å². The van der Waals surface area contributed by atoms with Gasteiger partial charge >= 0.3 is 0 Å². The molecule has 120 valence electrons. The van der Waals surface area contributed by atoms with Crippen LogP contribution in [-0.4, -0.2) is 15.2 Å². The minimum Gasteiger partial charge on any atom is -0.323 e. The highest BCUT2D eigenvalue weighted by Crippen LogP contribution is 2.30. The van der Waals surface area contributed by atoms with Crippen molar-refractivity contribution >= 4 is 22.4 Å². The van der Waals surface area contributed by atoms with E-state index in [0.29, 0.717) is 5.56 Å². The van der Waals surface area contributed by atoms with Crippen LogP contribution in [0.25, 0.3) is 22.0 Å². The second kappa shape index (κ2) is 6.10. The van der Waals surface area contributed by atoms with E-state index >= 15 is 0 Å². The molecule has 5 heteroatoms. The van der Waals surface area contributed by atoms with Crippen molar-refractivity contribution < 1.29 is 0 Å². The molecule has 25 heavy (non-hydrogen) atoms. The SMILES string of the molecule is Cc1cc(Nc2cc3ccccc3c(-c3ccc(C#N)cc3)n2)n[nH]1. The Balaban J connectivity index is 1.84. The maximum absolute atomic E-state index is 9.00. The first kappa shape index (κ1) is 14.9. The number of anilines is 2. The van der Waals surface area contributed by atoms with Gasteiger partial charge in [-0.2, -0.15) is 10.4 Å². The molecule has 2 aromatic heterocycles. The number of rotatable bonds is 3. The summed E-state index contributed by atoms with van der Waals surface area (Å²) in [7, 11) is 0. The van der Waals surface area contributed by atoms with Crippen molar-refractivity contribution in [3.8, 4) is 17.3 Å². The fourth-order valence-electron chi connectivity index (χ4n) is 2.80. The van der Waals surface area contributed by atoms with E-state index in [9.17, 15) is 0 Å². The van der Waals surface area contributed by atoms with Crippen LogP contribution in [0.1, 0.15) is 11.3 Å². The van der Waals surface area contributed by atoms with Gasteiger partial charge in [0.05, 0.1) is 17.3 Å². The topological polar surface area (TPSA) is 77.4 Å². The molecule has 0 radical (unpaired) electrons. The van der Waals surface area contributed by atoms with E-state index < -0.39 is 0 Å². The van der Waals surface area contributed by atoms with E-state index in [1.54, 1.807) is 0 Å². The maximum Gasteiger partial charge on any atom is 0.153 e. The van der Waals surface area contributed by atoms with Gasteiger partial charge in [-0.05, 0) is 30.5 Å². The largest absolute Gasteiger partial charge is 0.323 e. The third-order valence-electron chi connectivity index (χ3n) is 3.99. The fourth-order valence-corrected chi connectivity index (χ4v) is 2.80.